The second-order valence-electron chi connectivity index (χ2n) is 12.9. The Morgan fingerprint density at radius 2 is 0.654 bits per heavy atom. The zero-order valence-electron chi connectivity index (χ0n) is 30.4. The van der Waals surface area contributed by atoms with E-state index < -0.39 is 0 Å². The van der Waals surface area contributed by atoms with Crippen LogP contribution in [0.3, 0.4) is 0 Å². The average Bonchev–Trinajstić information content (AvgIpc) is 3.93. The van der Waals surface area contributed by atoms with Gasteiger partial charge in [0, 0.05) is 22.3 Å². The normalized spacial score (nSPS) is 11.6. The standard InChI is InChI=1S/C40H46N8O4/c1-5-9-17-49-29-21-25-27(23-31(29)51-19-11-7-3)39-46-37(25)44-35-15-13-33(42-35)41-34-14-16-36(43-34)45-38-26-22-30(50-18-10-6-2)32(52-20-12-8-4)24-28(26)40(47-38)48-39/h13-16,21-24H,5-12,17-20H2,1-4H3,(H2,41,42,43,44,45,46,47,48). The molecule has 3 aromatic heterocycles. The molecule has 0 saturated heterocycles. The molecule has 0 radical (unpaired) electrons. The molecule has 12 heteroatoms. The summed E-state index contributed by atoms with van der Waals surface area (Å²) in [5.74, 6) is 4.53. The number of rotatable bonds is 16. The van der Waals surface area contributed by atoms with Crippen LogP contribution in [0.15, 0.2) is 48.5 Å². The summed E-state index contributed by atoms with van der Waals surface area (Å²) < 4.78 is 25.2. The van der Waals surface area contributed by atoms with E-state index in [-0.39, 0.29) is 0 Å². The van der Waals surface area contributed by atoms with Crippen molar-refractivity contribution in [3.63, 3.8) is 0 Å². The summed E-state index contributed by atoms with van der Waals surface area (Å²) in [6.07, 6.45) is 7.78. The SMILES string of the molecule is CCCCOc1cc2c(cc1OCCCC)-c1nc-2nc2nc(nc3ccc(nc4ccc(n1)[nH]4)[nH]3)-c1cc(OCCCC)c(OCCCC)cc1-2. The molecule has 0 saturated carbocycles. The number of benzene rings is 2. The fourth-order valence-corrected chi connectivity index (χ4v) is 5.86. The maximum absolute atomic E-state index is 6.30. The largest absolute Gasteiger partial charge is 0.490 e. The summed E-state index contributed by atoms with van der Waals surface area (Å²) in [5.41, 5.74) is 5.61. The van der Waals surface area contributed by atoms with Gasteiger partial charge in [-0.3, -0.25) is 0 Å². The molecule has 52 heavy (non-hydrogen) atoms. The van der Waals surface area contributed by atoms with Crippen molar-refractivity contribution < 1.29 is 18.9 Å². The molecule has 270 valence electrons. The van der Waals surface area contributed by atoms with Gasteiger partial charge in [-0.05, 0) is 74.2 Å². The molecule has 2 N–H and O–H groups in total. The maximum Gasteiger partial charge on any atom is 0.164 e. The number of unbranched alkanes of at least 4 members (excludes halogenated alkanes) is 4. The molecular formula is C40H46N8O4. The molecule has 8 bridgehead atoms. The van der Waals surface area contributed by atoms with Crippen LogP contribution < -0.4 is 18.9 Å². The first-order valence-corrected chi connectivity index (χ1v) is 18.6. The Labute approximate surface area is 303 Å². The predicted octanol–water partition coefficient (Wildman–Crippen LogP) is 9.28. The van der Waals surface area contributed by atoms with E-state index in [1.807, 2.05) is 48.5 Å². The van der Waals surface area contributed by atoms with E-state index in [0.29, 0.717) is 95.3 Å². The van der Waals surface area contributed by atoms with Gasteiger partial charge < -0.3 is 28.9 Å². The Morgan fingerprint density at radius 1 is 0.385 bits per heavy atom. The monoisotopic (exact) mass is 702 g/mol. The van der Waals surface area contributed by atoms with Gasteiger partial charge in [-0.1, -0.05) is 53.4 Å². The average molecular weight is 703 g/mol. The van der Waals surface area contributed by atoms with Crippen molar-refractivity contribution in [2.24, 2.45) is 0 Å². The highest BCUT2D eigenvalue weighted by Crippen LogP contribution is 2.45. The second kappa shape index (κ2) is 16.2. The van der Waals surface area contributed by atoms with Gasteiger partial charge in [0.15, 0.2) is 46.3 Å². The predicted molar refractivity (Wildman–Crippen MR) is 203 cm³/mol. The number of nitrogens with one attached hydrogen (secondary N) is 2. The first-order chi connectivity index (χ1) is 25.6. The van der Waals surface area contributed by atoms with Crippen LogP contribution in [0.1, 0.15) is 79.1 Å². The highest BCUT2D eigenvalue weighted by molar-refractivity contribution is 5.88. The molecule has 0 aliphatic carbocycles. The van der Waals surface area contributed by atoms with Gasteiger partial charge in [0.2, 0.25) is 0 Å². The molecule has 5 heterocycles. The van der Waals surface area contributed by atoms with Gasteiger partial charge in [0.1, 0.15) is 22.6 Å². The van der Waals surface area contributed by atoms with Crippen LogP contribution >= 0.6 is 0 Å². The first-order valence-electron chi connectivity index (χ1n) is 18.6. The van der Waals surface area contributed by atoms with E-state index in [1.54, 1.807) is 0 Å². The minimum atomic E-state index is 0.461. The number of aromatic amines is 2. The van der Waals surface area contributed by atoms with Crippen molar-refractivity contribution >= 4 is 22.6 Å². The second-order valence-corrected chi connectivity index (χ2v) is 12.9. The maximum atomic E-state index is 6.30. The Kier molecular flexibility index (Phi) is 10.9. The molecular weight excluding hydrogens is 656 g/mol. The lowest BCUT2D eigenvalue weighted by Gasteiger charge is -2.15. The molecule has 0 fully saturated rings. The Morgan fingerprint density at radius 3 is 0.942 bits per heavy atom. The summed E-state index contributed by atoms with van der Waals surface area (Å²) in [7, 11) is 0. The van der Waals surface area contributed by atoms with Gasteiger partial charge in [-0.15, -0.1) is 0 Å². The molecule has 0 amide bonds. The number of fused-ring (bicyclic) bond motifs is 14. The molecule has 12 nitrogen and oxygen atoms in total. The third-order valence-electron chi connectivity index (χ3n) is 8.79. The third-order valence-corrected chi connectivity index (χ3v) is 8.79. The fraction of sp³-hybridized carbons (Fsp3) is 0.400. The van der Waals surface area contributed by atoms with E-state index in [9.17, 15) is 0 Å². The third kappa shape index (κ3) is 7.70. The number of nitrogens with zero attached hydrogens (tertiary/aromatic N) is 6. The Bertz CT molecular complexity index is 2040. The van der Waals surface area contributed by atoms with E-state index in [2.05, 4.69) is 37.7 Å². The lowest BCUT2D eigenvalue weighted by atomic mass is 10.1. The lowest BCUT2D eigenvalue weighted by molar-refractivity contribution is 0.262. The molecule has 0 unspecified atom stereocenters. The summed E-state index contributed by atoms with van der Waals surface area (Å²) in [6, 6.07) is 15.4. The van der Waals surface area contributed by atoms with Crippen molar-refractivity contribution in [3.8, 4) is 68.5 Å². The van der Waals surface area contributed by atoms with Crippen LogP contribution in [0, 0.1) is 0 Å². The highest BCUT2D eigenvalue weighted by atomic mass is 16.5. The van der Waals surface area contributed by atoms with Crippen molar-refractivity contribution in [1.82, 2.24) is 39.9 Å². The first kappa shape index (κ1) is 34.9. The molecule has 2 aliphatic heterocycles. The van der Waals surface area contributed by atoms with Crippen LogP contribution in [0.5, 0.6) is 23.0 Å². The van der Waals surface area contributed by atoms with Crippen LogP contribution in [-0.4, -0.2) is 66.3 Å². The minimum Gasteiger partial charge on any atom is -0.490 e. The smallest absolute Gasteiger partial charge is 0.164 e. The molecule has 7 rings (SSSR count). The summed E-state index contributed by atoms with van der Waals surface area (Å²) in [6.45, 7) is 10.9. The fourth-order valence-electron chi connectivity index (χ4n) is 5.86. The van der Waals surface area contributed by atoms with E-state index in [4.69, 9.17) is 48.9 Å². The molecule has 2 aliphatic rings. The number of H-pyrrole nitrogens is 2. The van der Waals surface area contributed by atoms with Crippen LogP contribution in [0.2, 0.25) is 0 Å². The lowest BCUT2D eigenvalue weighted by Crippen LogP contribution is -2.03. The van der Waals surface area contributed by atoms with Crippen LogP contribution in [0.25, 0.3) is 68.1 Å². The molecule has 0 atom stereocenters. The van der Waals surface area contributed by atoms with Gasteiger partial charge in [0.25, 0.3) is 0 Å². The Balaban J connectivity index is 1.46. The number of ether oxygens (including phenoxy) is 4. The van der Waals surface area contributed by atoms with Crippen LogP contribution in [0.4, 0.5) is 0 Å². The topological polar surface area (TPSA) is 146 Å². The van der Waals surface area contributed by atoms with Crippen LogP contribution in [-0.2, 0) is 0 Å². The van der Waals surface area contributed by atoms with Crippen molar-refractivity contribution in [2.75, 3.05) is 26.4 Å². The van der Waals surface area contributed by atoms with E-state index >= 15 is 0 Å². The van der Waals surface area contributed by atoms with Crippen molar-refractivity contribution in [2.45, 2.75) is 79.1 Å². The number of hydrogen-bond donors (Lipinski definition) is 2. The zero-order chi connectivity index (χ0) is 35.9. The van der Waals surface area contributed by atoms with E-state index in [1.165, 1.54) is 0 Å². The number of hydrogen-bond acceptors (Lipinski definition) is 10. The zero-order valence-corrected chi connectivity index (χ0v) is 30.4. The highest BCUT2D eigenvalue weighted by Gasteiger charge is 2.27. The molecule has 5 aromatic rings. The summed E-state index contributed by atoms with van der Waals surface area (Å²) in [5, 5.41) is 0. The summed E-state index contributed by atoms with van der Waals surface area (Å²) in [4.78, 5) is 36.3. The quantitative estimate of drug-likeness (QED) is 0.0934. The van der Waals surface area contributed by atoms with Crippen molar-refractivity contribution in [3.05, 3.63) is 48.5 Å². The number of aromatic nitrogens is 8. The summed E-state index contributed by atoms with van der Waals surface area (Å²) >= 11 is 0. The minimum absolute atomic E-state index is 0.461. The van der Waals surface area contributed by atoms with Gasteiger partial charge in [-0.25, -0.2) is 29.9 Å². The van der Waals surface area contributed by atoms with Gasteiger partial charge in [0.05, 0.1) is 26.4 Å². The Hall–Kier alpha value is -5.52. The molecule has 0 spiro atoms. The van der Waals surface area contributed by atoms with Crippen molar-refractivity contribution in [1.29, 1.82) is 0 Å². The van der Waals surface area contributed by atoms with E-state index in [0.717, 1.165) is 73.6 Å². The molecule has 2 aromatic carbocycles. The van der Waals surface area contributed by atoms with Gasteiger partial charge >= 0.3 is 0 Å². The van der Waals surface area contributed by atoms with Gasteiger partial charge in [-0.2, -0.15) is 0 Å².